The van der Waals surface area contributed by atoms with Crippen LogP contribution < -0.4 is 0 Å². The number of aliphatic carboxylic acids is 1. The van der Waals surface area contributed by atoms with Gasteiger partial charge in [-0.3, -0.25) is 4.79 Å². The lowest BCUT2D eigenvalue weighted by atomic mass is 9.88. The van der Waals surface area contributed by atoms with Crippen molar-refractivity contribution in [3.05, 3.63) is 71.8 Å². The maximum Gasteiger partial charge on any atom is 0.303 e. The molecule has 29 heavy (non-hydrogen) atoms. The zero-order chi connectivity index (χ0) is 20.0. The number of carboxylic acid groups (broad SMARTS) is 1. The molecular formula is C24H32ClNO3. The quantitative estimate of drug-likeness (QED) is 0.642. The number of hydrogen-bond acceptors (Lipinski definition) is 3. The Morgan fingerprint density at radius 2 is 1.52 bits per heavy atom. The van der Waals surface area contributed by atoms with Gasteiger partial charge in [0.1, 0.15) is 6.10 Å². The van der Waals surface area contributed by atoms with Crippen molar-refractivity contribution in [2.75, 3.05) is 19.6 Å². The molecule has 0 aliphatic carbocycles. The zero-order valence-corrected chi connectivity index (χ0v) is 18.1. The van der Waals surface area contributed by atoms with Gasteiger partial charge in [0.2, 0.25) is 0 Å². The van der Waals surface area contributed by atoms with Gasteiger partial charge in [-0.05, 0) is 29.4 Å². The summed E-state index contributed by atoms with van der Waals surface area (Å²) in [5.41, 5.74) is 2.15. The number of ether oxygens (including phenoxy) is 1. The Morgan fingerprint density at radius 3 is 1.97 bits per heavy atom. The lowest BCUT2D eigenvalue weighted by molar-refractivity contribution is -0.139. The van der Waals surface area contributed by atoms with Crippen LogP contribution in [0.25, 0.3) is 0 Å². The van der Waals surface area contributed by atoms with E-state index < -0.39 is 5.97 Å². The smallest absolute Gasteiger partial charge is 0.303 e. The fourth-order valence-electron chi connectivity index (χ4n) is 4.07. The van der Waals surface area contributed by atoms with E-state index in [1.54, 1.807) is 0 Å². The van der Waals surface area contributed by atoms with Crippen LogP contribution in [0.5, 0.6) is 0 Å². The van der Waals surface area contributed by atoms with Gasteiger partial charge in [-0.1, -0.05) is 74.5 Å². The van der Waals surface area contributed by atoms with Gasteiger partial charge in [0.15, 0.2) is 0 Å². The van der Waals surface area contributed by atoms with E-state index in [0.717, 1.165) is 32.5 Å². The van der Waals surface area contributed by atoms with Gasteiger partial charge in [-0.25, -0.2) is 0 Å². The summed E-state index contributed by atoms with van der Waals surface area (Å²) in [5, 5.41) is 9.10. The molecule has 5 heteroatoms. The molecule has 1 fully saturated rings. The summed E-state index contributed by atoms with van der Waals surface area (Å²) in [6, 6.07) is 20.8. The van der Waals surface area contributed by atoms with E-state index in [-0.39, 0.29) is 36.5 Å². The molecule has 0 atom stereocenters. The molecule has 1 N–H and O–H groups in total. The number of carboxylic acids is 1. The largest absolute Gasteiger partial charge is 0.481 e. The number of halogens is 1. The van der Waals surface area contributed by atoms with Crippen molar-refractivity contribution in [2.24, 2.45) is 5.41 Å². The third-order valence-electron chi connectivity index (χ3n) is 5.35. The first kappa shape index (κ1) is 23.4. The predicted molar refractivity (Wildman–Crippen MR) is 119 cm³/mol. The molecule has 0 bridgehead atoms. The third-order valence-corrected chi connectivity index (χ3v) is 5.35. The summed E-state index contributed by atoms with van der Waals surface area (Å²) in [5.74, 6) is -0.725. The Labute approximate surface area is 180 Å². The van der Waals surface area contributed by atoms with E-state index in [4.69, 9.17) is 9.84 Å². The first-order chi connectivity index (χ1) is 13.4. The maximum atomic E-state index is 11.1. The highest BCUT2D eigenvalue weighted by atomic mass is 35.5. The minimum atomic E-state index is -0.725. The van der Waals surface area contributed by atoms with Gasteiger partial charge in [-0.2, -0.15) is 0 Å². The highest BCUT2D eigenvalue weighted by molar-refractivity contribution is 5.85. The van der Waals surface area contributed by atoms with Crippen molar-refractivity contribution in [3.63, 3.8) is 0 Å². The van der Waals surface area contributed by atoms with Gasteiger partial charge >= 0.3 is 5.97 Å². The minimum Gasteiger partial charge on any atom is -0.481 e. The van der Waals surface area contributed by atoms with Crippen molar-refractivity contribution in [1.29, 1.82) is 0 Å². The summed E-state index contributed by atoms with van der Waals surface area (Å²) in [7, 11) is 0. The molecule has 0 radical (unpaired) electrons. The van der Waals surface area contributed by atoms with Crippen LogP contribution in [0.1, 0.15) is 50.3 Å². The number of carbonyl (C=O) groups is 1. The van der Waals surface area contributed by atoms with Crippen LogP contribution in [0.2, 0.25) is 0 Å². The van der Waals surface area contributed by atoms with Crippen molar-refractivity contribution < 1.29 is 14.6 Å². The van der Waals surface area contributed by atoms with Gasteiger partial charge in [0.05, 0.1) is 12.5 Å². The number of rotatable bonds is 8. The average Bonchev–Trinajstić information content (AvgIpc) is 2.67. The van der Waals surface area contributed by atoms with Gasteiger partial charge in [-0.15, -0.1) is 12.4 Å². The van der Waals surface area contributed by atoms with Crippen LogP contribution in [-0.4, -0.2) is 41.7 Å². The zero-order valence-electron chi connectivity index (χ0n) is 17.3. The number of benzene rings is 2. The Balaban J connectivity index is 0.00000300. The summed E-state index contributed by atoms with van der Waals surface area (Å²) in [4.78, 5) is 13.4. The maximum absolute atomic E-state index is 11.1. The first-order valence-electron chi connectivity index (χ1n) is 10.1. The van der Waals surface area contributed by atoms with Gasteiger partial charge in [0.25, 0.3) is 0 Å². The van der Waals surface area contributed by atoms with Crippen LogP contribution in [0.15, 0.2) is 60.7 Å². The van der Waals surface area contributed by atoms with Crippen molar-refractivity contribution in [1.82, 2.24) is 4.90 Å². The van der Waals surface area contributed by atoms with Gasteiger partial charge < -0.3 is 14.7 Å². The Bertz CT molecular complexity index is 704. The van der Waals surface area contributed by atoms with Crippen LogP contribution in [0.3, 0.4) is 0 Å². The molecule has 0 saturated carbocycles. The lowest BCUT2D eigenvalue weighted by Crippen LogP contribution is -2.42. The molecule has 1 aliphatic heterocycles. The second-order valence-electron chi connectivity index (χ2n) is 8.55. The number of hydrogen-bond donors (Lipinski definition) is 1. The second-order valence-corrected chi connectivity index (χ2v) is 8.55. The van der Waals surface area contributed by atoms with E-state index in [9.17, 15) is 4.79 Å². The highest BCUT2D eigenvalue weighted by Gasteiger charge is 2.29. The van der Waals surface area contributed by atoms with E-state index in [0.29, 0.717) is 0 Å². The molecule has 2 aromatic carbocycles. The SMILES string of the molecule is CC(C)(CC(=O)O)CN1CCC(OC(c2ccccc2)c2ccccc2)CC1.Cl. The number of likely N-dealkylation sites (tertiary alicyclic amines) is 1. The Morgan fingerprint density at radius 1 is 1.03 bits per heavy atom. The van der Waals surface area contributed by atoms with E-state index in [1.807, 2.05) is 26.0 Å². The average molecular weight is 418 g/mol. The molecule has 0 aromatic heterocycles. The summed E-state index contributed by atoms with van der Waals surface area (Å²) >= 11 is 0. The Kier molecular flexibility index (Phi) is 8.69. The van der Waals surface area contributed by atoms with Crippen LogP contribution in [0, 0.1) is 5.41 Å². The topological polar surface area (TPSA) is 49.8 Å². The summed E-state index contributed by atoms with van der Waals surface area (Å²) in [6.45, 7) is 6.77. The molecule has 0 spiro atoms. The van der Waals surface area contributed by atoms with Crippen LogP contribution >= 0.6 is 12.4 Å². The van der Waals surface area contributed by atoms with E-state index >= 15 is 0 Å². The monoisotopic (exact) mass is 417 g/mol. The van der Waals surface area contributed by atoms with Crippen molar-refractivity contribution in [2.45, 2.75) is 45.3 Å². The molecule has 158 valence electrons. The van der Waals surface area contributed by atoms with Crippen LogP contribution in [0.4, 0.5) is 0 Å². The highest BCUT2D eigenvalue weighted by Crippen LogP contribution is 2.31. The molecule has 0 unspecified atom stereocenters. The summed E-state index contributed by atoms with van der Waals surface area (Å²) < 4.78 is 6.59. The normalized spacial score (nSPS) is 15.8. The third kappa shape index (κ3) is 7.14. The molecule has 1 aliphatic rings. The predicted octanol–water partition coefficient (Wildman–Crippen LogP) is 5.18. The molecule has 0 amide bonds. The molecule has 1 heterocycles. The fourth-order valence-corrected chi connectivity index (χ4v) is 4.07. The second kappa shape index (κ2) is 10.8. The first-order valence-corrected chi connectivity index (χ1v) is 10.1. The number of nitrogens with zero attached hydrogens (tertiary/aromatic N) is 1. The lowest BCUT2D eigenvalue weighted by Gasteiger charge is -2.38. The van der Waals surface area contributed by atoms with Gasteiger partial charge in [0, 0.05) is 19.6 Å². The molecule has 2 aromatic rings. The molecular weight excluding hydrogens is 386 g/mol. The van der Waals surface area contributed by atoms with E-state index in [2.05, 4.69) is 53.4 Å². The van der Waals surface area contributed by atoms with Crippen LogP contribution in [-0.2, 0) is 9.53 Å². The fraction of sp³-hybridized carbons (Fsp3) is 0.458. The Hall–Kier alpha value is -1.88. The van der Waals surface area contributed by atoms with Crippen molar-refractivity contribution in [3.8, 4) is 0 Å². The van der Waals surface area contributed by atoms with Crippen molar-refractivity contribution >= 4 is 18.4 Å². The molecule has 1 saturated heterocycles. The van der Waals surface area contributed by atoms with E-state index in [1.165, 1.54) is 11.1 Å². The summed E-state index contributed by atoms with van der Waals surface area (Å²) in [6.07, 6.45) is 2.30. The standard InChI is InChI=1S/C24H31NO3.ClH/c1-24(2,17-22(26)27)18-25-15-13-21(14-16-25)28-23(19-9-5-3-6-10-19)20-11-7-4-8-12-20;/h3-12,21,23H,13-18H2,1-2H3,(H,26,27);1H. The number of piperidine rings is 1. The molecule has 4 nitrogen and oxygen atoms in total. The molecule has 3 rings (SSSR count). The minimum absolute atomic E-state index is 0.